The SMILES string of the molecule is Cn1c(=O)cc2c3c(c(Nc4ccc(OS(=O)O)cc4SOOO)ccc31)C(=O)c1ccccc1-2. The van der Waals surface area contributed by atoms with Gasteiger partial charge in [0.05, 0.1) is 39.4 Å². The van der Waals surface area contributed by atoms with E-state index in [1.807, 2.05) is 12.1 Å². The fourth-order valence-electron chi connectivity index (χ4n) is 4.16. The Kier molecular flexibility index (Phi) is 6.15. The third-order valence-corrected chi connectivity index (χ3v) is 6.63. The molecule has 3 aromatic carbocycles. The molecule has 35 heavy (non-hydrogen) atoms. The quantitative estimate of drug-likeness (QED) is 0.124. The molecule has 0 amide bonds. The number of nitrogens with zero attached hydrogens (tertiary/aromatic N) is 1. The number of aryl methyl sites for hydroxylation is 1. The van der Waals surface area contributed by atoms with Gasteiger partial charge in [-0.25, -0.2) is 5.26 Å². The zero-order valence-corrected chi connectivity index (χ0v) is 19.5. The van der Waals surface area contributed by atoms with Gasteiger partial charge in [-0.05, 0) is 35.4 Å². The predicted molar refractivity (Wildman–Crippen MR) is 130 cm³/mol. The van der Waals surface area contributed by atoms with Crippen LogP contribution in [0.15, 0.2) is 70.4 Å². The maximum Gasteiger partial charge on any atom is 0.357 e. The lowest BCUT2D eigenvalue weighted by Gasteiger charge is -2.24. The number of carbonyl (C=O) groups excluding carboxylic acids is 1. The van der Waals surface area contributed by atoms with Gasteiger partial charge in [-0.2, -0.15) is 4.21 Å². The molecular formula is C23H16N2O8S2. The van der Waals surface area contributed by atoms with Crippen molar-refractivity contribution in [3.05, 3.63) is 82.1 Å². The first-order valence-corrected chi connectivity index (χ1v) is 11.8. The van der Waals surface area contributed by atoms with Gasteiger partial charge >= 0.3 is 11.4 Å². The van der Waals surface area contributed by atoms with Crippen molar-refractivity contribution in [3.8, 4) is 16.9 Å². The molecule has 10 nitrogen and oxygen atoms in total. The molecule has 0 fully saturated rings. The van der Waals surface area contributed by atoms with E-state index in [9.17, 15) is 13.8 Å². The molecule has 0 aliphatic heterocycles. The average molecular weight is 513 g/mol. The molecule has 0 saturated heterocycles. The van der Waals surface area contributed by atoms with Gasteiger partial charge in [0, 0.05) is 30.1 Å². The summed E-state index contributed by atoms with van der Waals surface area (Å²) in [6.45, 7) is 0. The van der Waals surface area contributed by atoms with Crippen molar-refractivity contribution in [3.63, 3.8) is 0 Å². The summed E-state index contributed by atoms with van der Waals surface area (Å²) in [6.07, 6.45) is 0. The van der Waals surface area contributed by atoms with Crippen LogP contribution >= 0.6 is 12.0 Å². The molecule has 1 aliphatic rings. The molecule has 0 radical (unpaired) electrons. The number of ketones is 1. The summed E-state index contributed by atoms with van der Waals surface area (Å²) < 4.78 is 30.8. The number of anilines is 2. The Hall–Kier alpha value is -3.52. The number of pyridine rings is 1. The Morgan fingerprint density at radius 2 is 1.71 bits per heavy atom. The summed E-state index contributed by atoms with van der Waals surface area (Å²) in [5, 5.41) is 16.1. The summed E-state index contributed by atoms with van der Waals surface area (Å²) in [5.41, 5.74) is 3.52. The van der Waals surface area contributed by atoms with E-state index in [1.54, 1.807) is 37.4 Å². The summed E-state index contributed by atoms with van der Waals surface area (Å²) in [4.78, 5) is 26.6. The summed E-state index contributed by atoms with van der Waals surface area (Å²) >= 11 is -1.93. The molecule has 3 N–H and O–H groups in total. The maximum atomic E-state index is 13.6. The highest BCUT2D eigenvalue weighted by Gasteiger charge is 2.29. The van der Waals surface area contributed by atoms with E-state index >= 15 is 0 Å². The lowest BCUT2D eigenvalue weighted by Crippen LogP contribution is -2.21. The molecule has 5 rings (SSSR count). The van der Waals surface area contributed by atoms with E-state index in [2.05, 4.69) is 14.7 Å². The molecule has 0 bridgehead atoms. The second-order valence-corrected chi connectivity index (χ2v) is 8.87. The zero-order chi connectivity index (χ0) is 24.7. The Bertz CT molecular complexity index is 1580. The average Bonchev–Trinajstić information content (AvgIpc) is 2.84. The van der Waals surface area contributed by atoms with Gasteiger partial charge in [0.1, 0.15) is 5.75 Å². The van der Waals surface area contributed by atoms with Crippen LogP contribution in [0.2, 0.25) is 0 Å². The minimum absolute atomic E-state index is 0.0579. The molecule has 1 heterocycles. The number of hydrogen-bond donors (Lipinski definition) is 3. The van der Waals surface area contributed by atoms with Crippen LogP contribution in [0.3, 0.4) is 0 Å². The first-order valence-electron chi connectivity index (χ1n) is 10.0. The van der Waals surface area contributed by atoms with E-state index < -0.39 is 11.4 Å². The van der Waals surface area contributed by atoms with Crippen LogP contribution in [0.25, 0.3) is 22.0 Å². The Morgan fingerprint density at radius 1 is 0.971 bits per heavy atom. The van der Waals surface area contributed by atoms with Crippen LogP contribution in [-0.2, 0) is 27.8 Å². The Morgan fingerprint density at radius 3 is 2.46 bits per heavy atom. The highest BCUT2D eigenvalue weighted by atomic mass is 32.2. The van der Waals surface area contributed by atoms with E-state index in [0.717, 1.165) is 0 Å². The van der Waals surface area contributed by atoms with Gasteiger partial charge in [-0.1, -0.05) is 29.3 Å². The maximum absolute atomic E-state index is 13.6. The Balaban J connectivity index is 1.70. The third-order valence-electron chi connectivity index (χ3n) is 5.65. The number of aromatic nitrogens is 1. The van der Waals surface area contributed by atoms with Gasteiger partial charge in [0.2, 0.25) is 0 Å². The molecule has 1 aliphatic carbocycles. The van der Waals surface area contributed by atoms with Crippen LogP contribution in [0, 0.1) is 0 Å². The summed E-state index contributed by atoms with van der Waals surface area (Å²) in [7, 11) is 1.65. The number of fused-ring (bicyclic) bond motifs is 2. The lowest BCUT2D eigenvalue weighted by molar-refractivity contribution is -0.432. The van der Waals surface area contributed by atoms with Crippen LogP contribution in [0.4, 0.5) is 11.4 Å². The molecule has 1 atom stereocenters. The molecule has 4 aromatic rings. The van der Waals surface area contributed by atoms with Crippen LogP contribution in [0.5, 0.6) is 5.75 Å². The minimum atomic E-state index is -2.54. The Labute approximate surface area is 204 Å². The van der Waals surface area contributed by atoms with Crippen LogP contribution in [0.1, 0.15) is 15.9 Å². The van der Waals surface area contributed by atoms with Gasteiger partial charge in [0.15, 0.2) is 5.78 Å². The summed E-state index contributed by atoms with van der Waals surface area (Å²) in [5.74, 6) is -0.151. The van der Waals surface area contributed by atoms with Gasteiger partial charge in [-0.15, -0.1) is 4.33 Å². The van der Waals surface area contributed by atoms with E-state index in [1.165, 1.54) is 22.8 Å². The third kappa shape index (κ3) is 4.12. The first kappa shape index (κ1) is 23.2. The van der Waals surface area contributed by atoms with Crippen molar-refractivity contribution >= 4 is 51.5 Å². The number of carbonyl (C=O) groups is 1. The van der Waals surface area contributed by atoms with E-state index in [-0.39, 0.29) is 17.1 Å². The highest BCUT2D eigenvalue weighted by molar-refractivity contribution is 7.94. The second-order valence-electron chi connectivity index (χ2n) is 7.52. The fourth-order valence-corrected chi connectivity index (χ4v) is 4.91. The zero-order valence-electron chi connectivity index (χ0n) is 17.9. The molecule has 1 unspecified atom stereocenters. The number of nitrogens with one attached hydrogen (secondary N) is 1. The fraction of sp³-hybridized carbons (Fsp3) is 0.0435. The molecular weight excluding hydrogens is 496 g/mol. The van der Waals surface area contributed by atoms with Crippen LogP contribution < -0.4 is 15.1 Å². The second kappa shape index (κ2) is 9.26. The van der Waals surface area contributed by atoms with Crippen molar-refractivity contribution < 1.29 is 32.4 Å². The standard InChI is InChI=1S/C23H16N2O8S2/c1-25-18-9-8-17(24-16-7-6-12(31-35(29)30)10-19(16)34-33-32-28)22-21(18)15(11-20(25)26)13-4-2-3-5-14(13)23(22)27/h2-11,24,28H,1H3,(H,29,30). The van der Waals surface area contributed by atoms with Gasteiger partial charge in [0.25, 0.3) is 5.56 Å². The van der Waals surface area contributed by atoms with Crippen molar-refractivity contribution in [1.29, 1.82) is 0 Å². The van der Waals surface area contributed by atoms with Crippen molar-refractivity contribution in [1.82, 2.24) is 4.57 Å². The monoisotopic (exact) mass is 512 g/mol. The number of benzene rings is 3. The van der Waals surface area contributed by atoms with Crippen molar-refractivity contribution in [2.45, 2.75) is 4.90 Å². The normalized spacial score (nSPS) is 12.9. The lowest BCUT2D eigenvalue weighted by atomic mass is 9.83. The highest BCUT2D eigenvalue weighted by Crippen LogP contribution is 2.43. The summed E-state index contributed by atoms with van der Waals surface area (Å²) in [6, 6.07) is 16.5. The number of hydrogen-bond acceptors (Lipinski definition) is 9. The van der Waals surface area contributed by atoms with Gasteiger partial charge in [-0.3, -0.25) is 14.1 Å². The molecule has 178 valence electrons. The van der Waals surface area contributed by atoms with Gasteiger partial charge < -0.3 is 14.1 Å². The first-order chi connectivity index (χ1) is 16.9. The van der Waals surface area contributed by atoms with Crippen molar-refractivity contribution in [2.24, 2.45) is 7.05 Å². The number of rotatable bonds is 7. The van der Waals surface area contributed by atoms with E-state index in [4.69, 9.17) is 14.0 Å². The topological polar surface area (TPSA) is 136 Å². The smallest absolute Gasteiger partial charge is 0.357 e. The minimum Gasteiger partial charge on any atom is -0.380 e. The largest absolute Gasteiger partial charge is 0.380 e. The molecule has 12 heteroatoms. The molecule has 0 spiro atoms. The predicted octanol–water partition coefficient (Wildman–Crippen LogP) is 4.44. The molecule has 1 aromatic heterocycles. The van der Waals surface area contributed by atoms with Crippen molar-refractivity contribution in [2.75, 3.05) is 5.32 Å². The van der Waals surface area contributed by atoms with E-state index in [0.29, 0.717) is 61.5 Å². The van der Waals surface area contributed by atoms with Crippen LogP contribution in [-0.4, -0.2) is 24.4 Å². The molecule has 0 saturated carbocycles.